The third-order valence-electron chi connectivity index (χ3n) is 0.726. The largest absolute Gasteiger partial charge is 0.716 e. The highest BCUT2D eigenvalue weighted by molar-refractivity contribution is 7.33. The van der Waals surface area contributed by atoms with Gasteiger partial charge < -0.3 is 0 Å². The van der Waals surface area contributed by atoms with E-state index in [1.54, 1.807) is 6.92 Å². The molecule has 1 unspecified atom stereocenters. The van der Waals surface area contributed by atoms with Crippen LogP contribution in [0.4, 0.5) is 0 Å². The summed E-state index contributed by atoms with van der Waals surface area (Å²) in [6.45, 7) is 4.84. The van der Waals surface area contributed by atoms with Crippen LogP contribution in [0.3, 0.4) is 0 Å². The molecule has 0 saturated heterocycles. The molecule has 1 N–H and O–H groups in total. The standard InChI is InChI=1S/C5H13NO3P/c1-3-5-6-9-10(7)8-4-2/h6H,3-5H2,1-2H3/q+1. The van der Waals surface area contributed by atoms with Gasteiger partial charge in [0.05, 0.1) is 0 Å². The van der Waals surface area contributed by atoms with Crippen molar-refractivity contribution in [2.24, 2.45) is 0 Å². The summed E-state index contributed by atoms with van der Waals surface area (Å²) in [6.07, 6.45) is 0.940. The average Bonchev–Trinajstić information content (AvgIpc) is 1.89. The zero-order chi connectivity index (χ0) is 7.82. The van der Waals surface area contributed by atoms with Gasteiger partial charge in [-0.15, -0.1) is 10.0 Å². The minimum atomic E-state index is -1.95. The van der Waals surface area contributed by atoms with Crippen molar-refractivity contribution >= 4 is 8.25 Å². The van der Waals surface area contributed by atoms with Crippen LogP contribution in [0, 0.1) is 0 Å². The number of rotatable bonds is 6. The molecule has 60 valence electrons. The molecule has 0 aliphatic rings. The topological polar surface area (TPSA) is 47.6 Å². The molecule has 5 heteroatoms. The lowest BCUT2D eigenvalue weighted by atomic mass is 10.5. The van der Waals surface area contributed by atoms with Gasteiger partial charge in [-0.25, -0.2) is 0 Å². The molecule has 0 heterocycles. The van der Waals surface area contributed by atoms with Crippen molar-refractivity contribution in [1.82, 2.24) is 5.48 Å². The predicted octanol–water partition coefficient (Wildman–Crippen LogP) is 1.61. The van der Waals surface area contributed by atoms with Crippen LogP contribution in [-0.4, -0.2) is 13.2 Å². The van der Waals surface area contributed by atoms with E-state index < -0.39 is 8.25 Å². The van der Waals surface area contributed by atoms with Crippen molar-refractivity contribution in [3.63, 3.8) is 0 Å². The summed E-state index contributed by atoms with van der Waals surface area (Å²) in [5, 5.41) is 0. The zero-order valence-corrected chi connectivity index (χ0v) is 7.19. The first-order valence-corrected chi connectivity index (χ1v) is 4.40. The van der Waals surface area contributed by atoms with Crippen LogP contribution in [0.15, 0.2) is 0 Å². The van der Waals surface area contributed by atoms with Gasteiger partial charge in [-0.1, -0.05) is 6.92 Å². The summed E-state index contributed by atoms with van der Waals surface area (Å²) in [6, 6.07) is 0. The maximum absolute atomic E-state index is 10.6. The molecule has 0 fully saturated rings. The lowest BCUT2D eigenvalue weighted by Gasteiger charge is -1.89. The fraction of sp³-hybridized carbons (Fsp3) is 1.00. The average molecular weight is 166 g/mol. The molecule has 0 aromatic rings. The zero-order valence-electron chi connectivity index (χ0n) is 6.29. The Morgan fingerprint density at radius 2 is 2.20 bits per heavy atom. The van der Waals surface area contributed by atoms with Crippen molar-refractivity contribution in [2.45, 2.75) is 20.3 Å². The lowest BCUT2D eigenvalue weighted by Crippen LogP contribution is -2.10. The normalized spacial score (nSPS) is 11.6. The van der Waals surface area contributed by atoms with Crippen LogP contribution >= 0.6 is 8.25 Å². The van der Waals surface area contributed by atoms with E-state index in [-0.39, 0.29) is 0 Å². The first kappa shape index (κ1) is 9.98. The monoisotopic (exact) mass is 166 g/mol. The van der Waals surface area contributed by atoms with Gasteiger partial charge in [0.15, 0.2) is 0 Å². The summed E-state index contributed by atoms with van der Waals surface area (Å²) in [7, 11) is -1.95. The quantitative estimate of drug-likeness (QED) is 0.370. The van der Waals surface area contributed by atoms with E-state index >= 15 is 0 Å². The Kier molecular flexibility index (Phi) is 7.08. The highest BCUT2D eigenvalue weighted by Crippen LogP contribution is 2.20. The molecule has 0 aliphatic carbocycles. The van der Waals surface area contributed by atoms with Crippen molar-refractivity contribution in [3.8, 4) is 0 Å². The predicted molar refractivity (Wildman–Crippen MR) is 38.6 cm³/mol. The molecule has 4 nitrogen and oxygen atoms in total. The van der Waals surface area contributed by atoms with Gasteiger partial charge in [-0.3, -0.25) is 0 Å². The second-order valence-electron chi connectivity index (χ2n) is 1.63. The number of nitrogens with one attached hydrogen (secondary N) is 1. The van der Waals surface area contributed by atoms with E-state index in [4.69, 9.17) is 0 Å². The molecule has 0 amide bonds. The summed E-state index contributed by atoms with van der Waals surface area (Å²) in [4.78, 5) is 0. The molecule has 0 aliphatic heterocycles. The molecular weight excluding hydrogens is 153 g/mol. The Bertz CT molecular complexity index is 98.9. The maximum Gasteiger partial charge on any atom is 0.716 e. The summed E-state index contributed by atoms with van der Waals surface area (Å²) in [5.41, 5.74) is 2.51. The van der Waals surface area contributed by atoms with Gasteiger partial charge in [0.2, 0.25) is 0 Å². The summed E-state index contributed by atoms with van der Waals surface area (Å²) in [5.74, 6) is 0. The van der Waals surface area contributed by atoms with E-state index in [9.17, 15) is 4.57 Å². The van der Waals surface area contributed by atoms with Crippen molar-refractivity contribution < 1.29 is 13.7 Å². The van der Waals surface area contributed by atoms with E-state index in [0.29, 0.717) is 13.2 Å². The highest BCUT2D eigenvalue weighted by Gasteiger charge is 2.17. The van der Waals surface area contributed by atoms with Gasteiger partial charge >= 0.3 is 8.25 Å². The third kappa shape index (κ3) is 6.11. The van der Waals surface area contributed by atoms with Crippen LogP contribution in [0.25, 0.3) is 0 Å². The molecule has 0 radical (unpaired) electrons. The van der Waals surface area contributed by atoms with Gasteiger partial charge in [0.1, 0.15) is 6.61 Å². The van der Waals surface area contributed by atoms with Crippen LogP contribution < -0.4 is 5.48 Å². The van der Waals surface area contributed by atoms with E-state index in [0.717, 1.165) is 6.42 Å². The molecular formula is C5H13NO3P+. The molecule has 1 atom stereocenters. The lowest BCUT2D eigenvalue weighted by molar-refractivity contribution is 0.160. The van der Waals surface area contributed by atoms with Crippen LogP contribution in [0.2, 0.25) is 0 Å². The van der Waals surface area contributed by atoms with Gasteiger partial charge in [0.25, 0.3) is 0 Å². The third-order valence-corrected chi connectivity index (χ3v) is 1.47. The van der Waals surface area contributed by atoms with Crippen molar-refractivity contribution in [2.75, 3.05) is 13.2 Å². The minimum absolute atomic E-state index is 0.406. The molecule has 10 heavy (non-hydrogen) atoms. The van der Waals surface area contributed by atoms with Crippen molar-refractivity contribution in [1.29, 1.82) is 0 Å². The number of hydrogen-bond donors (Lipinski definition) is 1. The first-order valence-electron chi connectivity index (χ1n) is 3.31. The SMILES string of the molecule is CCCNO[P+](=O)OCC. The molecule has 0 rings (SSSR count). The smallest absolute Gasteiger partial charge is 0.149 e. The van der Waals surface area contributed by atoms with Crippen LogP contribution in [0.1, 0.15) is 20.3 Å². The summed E-state index contributed by atoms with van der Waals surface area (Å²) < 4.78 is 19.7. The molecule has 0 bridgehead atoms. The van der Waals surface area contributed by atoms with Gasteiger partial charge in [0, 0.05) is 11.1 Å². The second-order valence-corrected chi connectivity index (χ2v) is 2.51. The Morgan fingerprint density at radius 3 is 2.70 bits per heavy atom. The molecule has 0 saturated carbocycles. The maximum atomic E-state index is 10.6. The molecule has 0 aromatic carbocycles. The Morgan fingerprint density at radius 1 is 1.50 bits per heavy atom. The van der Waals surface area contributed by atoms with E-state index in [1.165, 1.54) is 0 Å². The number of hydroxylamine groups is 1. The second kappa shape index (κ2) is 7.09. The van der Waals surface area contributed by atoms with Crippen molar-refractivity contribution in [3.05, 3.63) is 0 Å². The molecule has 0 aromatic heterocycles. The van der Waals surface area contributed by atoms with Gasteiger partial charge in [-0.05, 0) is 18.0 Å². The van der Waals surface area contributed by atoms with Gasteiger partial charge in [-0.2, -0.15) is 0 Å². The number of hydrogen-bond acceptors (Lipinski definition) is 4. The Balaban J connectivity index is 3.05. The fourth-order valence-electron chi connectivity index (χ4n) is 0.332. The highest BCUT2D eigenvalue weighted by atomic mass is 31.1. The van der Waals surface area contributed by atoms with E-state index in [2.05, 4.69) is 14.6 Å². The Labute approximate surface area is 61.8 Å². The minimum Gasteiger partial charge on any atom is -0.149 e. The first-order chi connectivity index (χ1) is 4.81. The fourth-order valence-corrected chi connectivity index (χ4v) is 0.792. The Hall–Kier alpha value is -0.0200. The van der Waals surface area contributed by atoms with Crippen LogP contribution in [0.5, 0.6) is 0 Å². The van der Waals surface area contributed by atoms with E-state index in [1.807, 2.05) is 6.92 Å². The summed E-state index contributed by atoms with van der Waals surface area (Å²) >= 11 is 0. The molecule has 0 spiro atoms. The van der Waals surface area contributed by atoms with Crippen LogP contribution in [-0.2, 0) is 13.7 Å².